The molecule has 1 saturated heterocycles. The monoisotopic (exact) mass is 291 g/mol. The second-order valence-corrected chi connectivity index (χ2v) is 7.93. The summed E-state index contributed by atoms with van der Waals surface area (Å²) in [4.78, 5) is 2.63. The molecule has 0 spiro atoms. The average molecular weight is 291 g/mol. The summed E-state index contributed by atoms with van der Waals surface area (Å²) in [6.07, 6.45) is 8.45. The zero-order valence-electron chi connectivity index (χ0n) is 14.2. The molecule has 1 N–H and O–H groups in total. The molecule has 21 heavy (non-hydrogen) atoms. The van der Waals surface area contributed by atoms with Crippen LogP contribution in [0.1, 0.15) is 65.7 Å². The van der Waals surface area contributed by atoms with Crippen molar-refractivity contribution in [3.8, 4) is 6.07 Å². The van der Waals surface area contributed by atoms with E-state index >= 15 is 0 Å². The molecule has 2 atom stereocenters. The summed E-state index contributed by atoms with van der Waals surface area (Å²) in [5.74, 6) is 0.541. The van der Waals surface area contributed by atoms with Crippen LogP contribution in [-0.2, 0) is 0 Å². The van der Waals surface area contributed by atoms with Gasteiger partial charge in [-0.2, -0.15) is 5.26 Å². The molecule has 0 aromatic heterocycles. The topological polar surface area (TPSA) is 39.1 Å². The van der Waals surface area contributed by atoms with Crippen LogP contribution in [0.3, 0.4) is 0 Å². The summed E-state index contributed by atoms with van der Waals surface area (Å²) >= 11 is 0. The van der Waals surface area contributed by atoms with Crippen LogP contribution in [0.4, 0.5) is 0 Å². The zero-order chi connectivity index (χ0) is 15.3. The van der Waals surface area contributed by atoms with Crippen molar-refractivity contribution in [1.82, 2.24) is 10.2 Å². The first-order valence-electron chi connectivity index (χ1n) is 8.90. The number of nitrogens with one attached hydrogen (secondary N) is 1. The van der Waals surface area contributed by atoms with Gasteiger partial charge in [0.25, 0.3) is 0 Å². The maximum atomic E-state index is 9.71. The van der Waals surface area contributed by atoms with Gasteiger partial charge < -0.3 is 4.90 Å². The van der Waals surface area contributed by atoms with Gasteiger partial charge in [-0.15, -0.1) is 0 Å². The molecule has 3 nitrogen and oxygen atoms in total. The van der Waals surface area contributed by atoms with Crippen molar-refractivity contribution in [2.75, 3.05) is 26.2 Å². The Balaban J connectivity index is 1.88. The van der Waals surface area contributed by atoms with Gasteiger partial charge in [-0.1, -0.05) is 27.2 Å². The van der Waals surface area contributed by atoms with Gasteiger partial charge in [0.05, 0.1) is 6.07 Å². The molecule has 0 aromatic rings. The third-order valence-electron chi connectivity index (χ3n) is 5.48. The number of likely N-dealkylation sites (tertiary alicyclic amines) is 1. The van der Waals surface area contributed by atoms with E-state index in [-0.39, 0.29) is 5.54 Å². The summed E-state index contributed by atoms with van der Waals surface area (Å²) in [7, 11) is 0. The Bertz CT molecular complexity index is 371. The van der Waals surface area contributed by atoms with Gasteiger partial charge in [0, 0.05) is 6.54 Å². The summed E-state index contributed by atoms with van der Waals surface area (Å²) in [5.41, 5.74) is 0.238. The fourth-order valence-corrected chi connectivity index (χ4v) is 4.31. The minimum Gasteiger partial charge on any atom is -0.303 e. The highest BCUT2D eigenvalue weighted by Gasteiger charge is 2.42. The van der Waals surface area contributed by atoms with Crippen LogP contribution >= 0.6 is 0 Å². The second-order valence-electron chi connectivity index (χ2n) is 7.93. The van der Waals surface area contributed by atoms with E-state index in [4.69, 9.17) is 0 Å². The van der Waals surface area contributed by atoms with Gasteiger partial charge in [0.1, 0.15) is 5.54 Å². The average Bonchev–Trinajstić information content (AvgIpc) is 2.85. The number of hydrogen-bond donors (Lipinski definition) is 1. The molecule has 120 valence electrons. The molecule has 0 radical (unpaired) electrons. The van der Waals surface area contributed by atoms with Crippen molar-refractivity contribution < 1.29 is 0 Å². The lowest BCUT2D eigenvalue weighted by molar-refractivity contribution is 0.107. The molecule has 2 fully saturated rings. The van der Waals surface area contributed by atoms with Crippen LogP contribution < -0.4 is 5.32 Å². The molecular weight excluding hydrogens is 258 g/mol. The van der Waals surface area contributed by atoms with E-state index in [2.05, 4.69) is 37.1 Å². The molecule has 2 rings (SSSR count). The molecule has 1 aliphatic carbocycles. The largest absolute Gasteiger partial charge is 0.303 e. The Hall–Kier alpha value is -0.590. The normalized spacial score (nSPS) is 33.0. The maximum Gasteiger partial charge on any atom is 0.109 e. The van der Waals surface area contributed by atoms with Gasteiger partial charge >= 0.3 is 0 Å². The SMILES string of the molecule is CCCNC1(C#N)CCCC1CCN1CCCC(C)(C)C1. The van der Waals surface area contributed by atoms with Crippen LogP contribution in [0.15, 0.2) is 0 Å². The third kappa shape index (κ3) is 4.20. The van der Waals surface area contributed by atoms with E-state index in [1.807, 2.05) is 0 Å². The molecule has 0 amide bonds. The number of piperidine rings is 1. The predicted molar refractivity (Wildman–Crippen MR) is 88.1 cm³/mol. The van der Waals surface area contributed by atoms with E-state index in [0.29, 0.717) is 11.3 Å². The van der Waals surface area contributed by atoms with Crippen LogP contribution in [0.2, 0.25) is 0 Å². The quantitative estimate of drug-likeness (QED) is 0.813. The number of nitrogens with zero attached hydrogens (tertiary/aromatic N) is 2. The minimum absolute atomic E-state index is 0.235. The highest BCUT2D eigenvalue weighted by atomic mass is 15.1. The van der Waals surface area contributed by atoms with Crippen LogP contribution in [0.25, 0.3) is 0 Å². The number of hydrogen-bond acceptors (Lipinski definition) is 3. The molecule has 3 heteroatoms. The fourth-order valence-electron chi connectivity index (χ4n) is 4.31. The van der Waals surface area contributed by atoms with Crippen LogP contribution in [0.5, 0.6) is 0 Å². The molecule has 2 unspecified atom stereocenters. The van der Waals surface area contributed by atoms with E-state index in [1.54, 1.807) is 0 Å². The van der Waals surface area contributed by atoms with Crippen molar-refractivity contribution in [3.63, 3.8) is 0 Å². The molecule has 0 bridgehead atoms. The summed E-state index contributed by atoms with van der Waals surface area (Å²) in [6.45, 7) is 11.6. The first-order valence-corrected chi connectivity index (χ1v) is 8.90. The fraction of sp³-hybridized carbons (Fsp3) is 0.944. The standard InChI is InChI=1S/C18H33N3/c1-4-11-20-18(14-19)10-5-7-16(18)8-13-21-12-6-9-17(2,3)15-21/h16,20H,4-13,15H2,1-3H3. The molecule has 1 saturated carbocycles. The Morgan fingerprint density at radius 2 is 2.10 bits per heavy atom. The lowest BCUT2D eigenvalue weighted by atomic mass is 9.82. The van der Waals surface area contributed by atoms with Gasteiger partial charge in [-0.25, -0.2) is 0 Å². The third-order valence-corrected chi connectivity index (χ3v) is 5.48. The highest BCUT2D eigenvalue weighted by molar-refractivity contribution is 5.14. The van der Waals surface area contributed by atoms with E-state index in [0.717, 1.165) is 19.4 Å². The van der Waals surface area contributed by atoms with E-state index in [9.17, 15) is 5.26 Å². The number of rotatable bonds is 6. The van der Waals surface area contributed by atoms with E-state index in [1.165, 1.54) is 51.7 Å². The van der Waals surface area contributed by atoms with Gasteiger partial charge in [0.15, 0.2) is 0 Å². The summed E-state index contributed by atoms with van der Waals surface area (Å²) in [5, 5.41) is 13.3. The zero-order valence-corrected chi connectivity index (χ0v) is 14.2. The number of nitriles is 1. The van der Waals surface area contributed by atoms with Crippen molar-refractivity contribution in [3.05, 3.63) is 0 Å². The lowest BCUT2D eigenvalue weighted by Crippen LogP contribution is -2.48. The summed E-state index contributed by atoms with van der Waals surface area (Å²) < 4.78 is 0. The molecular formula is C18H33N3. The minimum atomic E-state index is -0.235. The second kappa shape index (κ2) is 7.11. The Labute approximate surface area is 131 Å². The molecule has 1 aliphatic heterocycles. The van der Waals surface area contributed by atoms with Crippen LogP contribution in [-0.4, -0.2) is 36.6 Å². The van der Waals surface area contributed by atoms with Gasteiger partial charge in [0.2, 0.25) is 0 Å². The van der Waals surface area contributed by atoms with Crippen molar-refractivity contribution in [1.29, 1.82) is 5.26 Å². The Morgan fingerprint density at radius 3 is 2.76 bits per heavy atom. The molecule has 1 heterocycles. The van der Waals surface area contributed by atoms with E-state index < -0.39 is 0 Å². The first kappa shape index (κ1) is 16.8. The lowest BCUT2D eigenvalue weighted by Gasteiger charge is -2.39. The van der Waals surface area contributed by atoms with Crippen molar-refractivity contribution in [2.45, 2.75) is 71.3 Å². The summed E-state index contributed by atoms with van der Waals surface area (Å²) in [6, 6.07) is 2.64. The van der Waals surface area contributed by atoms with Gasteiger partial charge in [-0.05, 0) is 69.5 Å². The highest BCUT2D eigenvalue weighted by Crippen LogP contribution is 2.38. The maximum absolute atomic E-state index is 9.71. The van der Waals surface area contributed by atoms with Crippen molar-refractivity contribution in [2.24, 2.45) is 11.3 Å². The molecule has 0 aromatic carbocycles. The van der Waals surface area contributed by atoms with Gasteiger partial charge in [-0.3, -0.25) is 5.32 Å². The Kier molecular flexibility index (Phi) is 5.68. The van der Waals surface area contributed by atoms with Crippen molar-refractivity contribution >= 4 is 0 Å². The molecule has 2 aliphatic rings. The Morgan fingerprint density at radius 1 is 1.29 bits per heavy atom. The predicted octanol–water partition coefficient (Wildman–Crippen LogP) is 3.56. The first-order chi connectivity index (χ1) is 10.0. The smallest absolute Gasteiger partial charge is 0.109 e. The van der Waals surface area contributed by atoms with Crippen LogP contribution in [0, 0.1) is 22.7 Å².